The monoisotopic (exact) mass is 575 g/mol. The highest BCUT2D eigenvalue weighted by Gasteiger charge is 2.14. The van der Waals surface area contributed by atoms with Crippen molar-refractivity contribution in [1.82, 2.24) is 19.9 Å². The van der Waals surface area contributed by atoms with Gasteiger partial charge >= 0.3 is 0 Å². The number of aryl methyl sites for hydroxylation is 2. The second-order valence-electron chi connectivity index (χ2n) is 9.34. The number of nitriles is 1. The maximum atomic E-state index is 13.7. The number of benzene rings is 2. The van der Waals surface area contributed by atoms with E-state index in [1.54, 1.807) is 74.5 Å². The van der Waals surface area contributed by atoms with Crippen molar-refractivity contribution >= 4 is 27.6 Å². The van der Waals surface area contributed by atoms with Gasteiger partial charge in [-0.25, -0.2) is 28.7 Å². The Kier molecular flexibility index (Phi) is 8.25. The van der Waals surface area contributed by atoms with Crippen molar-refractivity contribution in [2.45, 2.75) is 20.8 Å². The predicted octanol–water partition coefficient (Wildman–Crippen LogP) is 7.81. The lowest BCUT2D eigenvalue weighted by Crippen LogP contribution is -2.01. The van der Waals surface area contributed by atoms with Crippen molar-refractivity contribution in [2.24, 2.45) is 0 Å². The first kappa shape index (κ1) is 28.7. The average molecular weight is 576 g/mol. The van der Waals surface area contributed by atoms with Crippen LogP contribution in [0.15, 0.2) is 85.2 Å². The third-order valence-corrected chi connectivity index (χ3v) is 6.30. The first-order valence-corrected chi connectivity index (χ1v) is 13.0. The van der Waals surface area contributed by atoms with Crippen LogP contribution in [-0.4, -0.2) is 25.7 Å². The van der Waals surface area contributed by atoms with Crippen LogP contribution in [0.25, 0.3) is 21.8 Å². The molecule has 0 unspecified atom stereocenters. The highest BCUT2D eigenvalue weighted by molar-refractivity contribution is 5.94. The fourth-order valence-corrected chi connectivity index (χ4v) is 4.21. The van der Waals surface area contributed by atoms with E-state index in [1.165, 1.54) is 31.5 Å². The summed E-state index contributed by atoms with van der Waals surface area (Å²) >= 11 is 0. The summed E-state index contributed by atoms with van der Waals surface area (Å²) in [6.07, 6.45) is 3.05. The molecule has 8 nitrogen and oxygen atoms in total. The lowest BCUT2D eigenvalue weighted by atomic mass is 10.2. The summed E-state index contributed by atoms with van der Waals surface area (Å²) in [5.41, 5.74) is 2.12. The van der Waals surface area contributed by atoms with Crippen LogP contribution in [-0.2, 0) is 0 Å². The molecular weight excluding hydrogens is 552 g/mol. The molecule has 4 aromatic heterocycles. The van der Waals surface area contributed by atoms with Crippen LogP contribution >= 0.6 is 0 Å². The molecule has 0 bridgehead atoms. The molecule has 0 aliphatic carbocycles. The molecule has 43 heavy (non-hydrogen) atoms. The summed E-state index contributed by atoms with van der Waals surface area (Å²) in [6.45, 7) is 4.88. The van der Waals surface area contributed by atoms with Gasteiger partial charge in [-0.2, -0.15) is 5.26 Å². The Balaban J connectivity index is 0.000000171. The molecule has 4 heterocycles. The number of ketones is 1. The van der Waals surface area contributed by atoms with Gasteiger partial charge in [0.1, 0.15) is 45.9 Å². The normalized spacial score (nSPS) is 10.5. The number of rotatable bonds is 5. The maximum absolute atomic E-state index is 13.7. The van der Waals surface area contributed by atoms with Crippen LogP contribution in [0.3, 0.4) is 0 Å². The molecule has 0 radical (unpaired) electrons. The molecule has 212 valence electrons. The molecule has 0 fully saturated rings. The highest BCUT2D eigenvalue weighted by atomic mass is 19.1. The number of carbonyl (C=O) groups is 1. The Morgan fingerprint density at radius 1 is 0.721 bits per heavy atom. The van der Waals surface area contributed by atoms with Crippen molar-refractivity contribution < 1.29 is 23.0 Å². The quantitative estimate of drug-likeness (QED) is 0.191. The number of Topliss-reactive ketones (excluding diaryl/α,β-unsaturated/α-hetero) is 1. The summed E-state index contributed by atoms with van der Waals surface area (Å²) in [7, 11) is 0. The zero-order valence-corrected chi connectivity index (χ0v) is 23.3. The second kappa shape index (κ2) is 12.4. The summed E-state index contributed by atoms with van der Waals surface area (Å²) < 4.78 is 38.9. The number of para-hydroxylation sites is 2. The predicted molar refractivity (Wildman–Crippen MR) is 156 cm³/mol. The molecule has 0 aliphatic heterocycles. The van der Waals surface area contributed by atoms with Gasteiger partial charge in [0.15, 0.2) is 23.0 Å². The summed E-state index contributed by atoms with van der Waals surface area (Å²) in [5.74, 6) is 0.703. The molecule has 6 aromatic rings. The Morgan fingerprint density at radius 3 is 1.77 bits per heavy atom. The third-order valence-electron chi connectivity index (χ3n) is 6.30. The van der Waals surface area contributed by atoms with Gasteiger partial charge < -0.3 is 9.47 Å². The van der Waals surface area contributed by atoms with E-state index < -0.39 is 0 Å². The number of hydrogen-bond donors (Lipinski definition) is 0. The molecule has 0 amide bonds. The molecule has 0 saturated carbocycles. The largest absolute Gasteiger partial charge is 0.453 e. The van der Waals surface area contributed by atoms with Crippen LogP contribution in [0.1, 0.15) is 34.5 Å². The van der Waals surface area contributed by atoms with E-state index in [1.807, 2.05) is 6.07 Å². The Labute approximate surface area is 245 Å². The van der Waals surface area contributed by atoms with E-state index in [2.05, 4.69) is 19.9 Å². The fraction of sp³-hybridized carbons (Fsp3) is 0.0909. The Bertz CT molecular complexity index is 2040. The third kappa shape index (κ3) is 6.26. The van der Waals surface area contributed by atoms with Gasteiger partial charge in [-0.3, -0.25) is 4.79 Å². The average Bonchev–Trinajstić information content (AvgIpc) is 3.00. The molecule has 0 spiro atoms. The number of hydrogen-bond acceptors (Lipinski definition) is 8. The number of nitrogens with zero attached hydrogens (tertiary/aromatic N) is 5. The molecule has 0 saturated heterocycles. The zero-order chi connectivity index (χ0) is 30.5. The van der Waals surface area contributed by atoms with Crippen molar-refractivity contribution in [2.75, 3.05) is 0 Å². The number of fused-ring (bicyclic) bond motifs is 2. The smallest absolute Gasteiger partial charge is 0.183 e. The van der Waals surface area contributed by atoms with Crippen LogP contribution in [0, 0.1) is 36.8 Å². The highest BCUT2D eigenvalue weighted by Crippen LogP contribution is 2.31. The fourth-order valence-electron chi connectivity index (χ4n) is 4.21. The van der Waals surface area contributed by atoms with Gasteiger partial charge in [-0.15, -0.1) is 0 Å². The molecule has 0 N–H and O–H groups in total. The molecule has 10 heteroatoms. The van der Waals surface area contributed by atoms with E-state index in [9.17, 15) is 13.6 Å². The second-order valence-corrected chi connectivity index (χ2v) is 9.34. The van der Waals surface area contributed by atoms with Gasteiger partial charge in [0, 0.05) is 30.1 Å². The van der Waals surface area contributed by atoms with Crippen LogP contribution < -0.4 is 9.47 Å². The standard InChI is InChI=1S/C17H13FN2O2.C16H10FN3O/c1-10-15(9-12-5-3-6-13(18)17(12)20-10)22-14-7-4-8-19-16(14)11(2)21;1-10-15(21-14-6-3-7-19-13(14)9-18)8-11-4-2-5-12(17)16(11)20-10/h3-9H,1-2H3;2-8H,1H3. The molecular formula is C33H23F2N5O3. The first-order chi connectivity index (χ1) is 20.7. The van der Waals surface area contributed by atoms with Crippen molar-refractivity contribution in [3.63, 3.8) is 0 Å². The summed E-state index contributed by atoms with van der Waals surface area (Å²) in [4.78, 5) is 28.0. The van der Waals surface area contributed by atoms with Crippen molar-refractivity contribution in [3.8, 4) is 29.1 Å². The van der Waals surface area contributed by atoms with Gasteiger partial charge in [-0.1, -0.05) is 24.3 Å². The minimum Gasteiger partial charge on any atom is -0.453 e. The SMILES string of the molecule is CC(=O)c1ncccc1Oc1cc2cccc(F)c2nc1C.Cc1nc2c(F)cccc2cc1Oc1cccnc1C#N. The topological polar surface area (TPSA) is 111 Å². The zero-order valence-electron chi connectivity index (χ0n) is 23.3. The number of halogens is 2. The van der Waals surface area contributed by atoms with Crippen LogP contribution in [0.4, 0.5) is 8.78 Å². The van der Waals surface area contributed by atoms with Gasteiger partial charge in [0.2, 0.25) is 0 Å². The van der Waals surface area contributed by atoms with Gasteiger partial charge in [-0.05, 0) is 62.4 Å². The van der Waals surface area contributed by atoms with E-state index >= 15 is 0 Å². The molecule has 6 rings (SSSR count). The van der Waals surface area contributed by atoms with Crippen LogP contribution in [0.5, 0.6) is 23.0 Å². The van der Waals surface area contributed by atoms with E-state index in [0.29, 0.717) is 56.2 Å². The minimum absolute atomic E-state index is 0.187. The molecule has 0 aliphatic rings. The molecule has 0 atom stereocenters. The maximum Gasteiger partial charge on any atom is 0.183 e. The van der Waals surface area contributed by atoms with Crippen molar-refractivity contribution in [1.29, 1.82) is 5.26 Å². The number of ether oxygens (including phenoxy) is 2. The van der Waals surface area contributed by atoms with E-state index in [4.69, 9.17) is 14.7 Å². The van der Waals surface area contributed by atoms with Crippen LogP contribution in [0.2, 0.25) is 0 Å². The number of pyridine rings is 4. The Morgan fingerprint density at radius 2 is 1.23 bits per heavy atom. The first-order valence-electron chi connectivity index (χ1n) is 13.0. The van der Waals surface area contributed by atoms with Crippen molar-refractivity contribution in [3.05, 3.63) is 120 Å². The number of carbonyl (C=O) groups excluding carboxylic acids is 1. The molecule has 2 aromatic carbocycles. The lowest BCUT2D eigenvalue weighted by Gasteiger charge is -2.11. The summed E-state index contributed by atoms with van der Waals surface area (Å²) in [6, 6.07) is 21.5. The Hall–Kier alpha value is -5.82. The van der Waals surface area contributed by atoms with Gasteiger partial charge in [0.25, 0.3) is 0 Å². The van der Waals surface area contributed by atoms with E-state index in [0.717, 1.165) is 0 Å². The number of aromatic nitrogens is 4. The van der Waals surface area contributed by atoms with Gasteiger partial charge in [0.05, 0.1) is 11.4 Å². The minimum atomic E-state index is -0.377. The summed E-state index contributed by atoms with van der Waals surface area (Å²) in [5, 5.41) is 10.3. The lowest BCUT2D eigenvalue weighted by molar-refractivity contribution is 0.101. The van der Waals surface area contributed by atoms with E-state index in [-0.39, 0.29) is 28.8 Å².